The molecule has 0 aromatic heterocycles. The van der Waals surface area contributed by atoms with Gasteiger partial charge in [0.2, 0.25) is 5.91 Å². The summed E-state index contributed by atoms with van der Waals surface area (Å²) in [5, 5.41) is 6.10. The summed E-state index contributed by atoms with van der Waals surface area (Å²) in [6.45, 7) is 3.72. The molecular formula is C24H23ClN2O3S. The molecule has 0 aliphatic heterocycles. The fourth-order valence-electron chi connectivity index (χ4n) is 2.80. The molecule has 0 radical (unpaired) electrons. The van der Waals surface area contributed by atoms with Gasteiger partial charge in [0.15, 0.2) is 0 Å². The Bertz CT molecular complexity index is 1070. The van der Waals surface area contributed by atoms with Gasteiger partial charge < -0.3 is 15.4 Å². The molecule has 1 unspecified atom stereocenters. The van der Waals surface area contributed by atoms with Gasteiger partial charge in [0.25, 0.3) is 5.91 Å². The molecule has 0 aliphatic rings. The number of halogens is 1. The van der Waals surface area contributed by atoms with Crippen molar-refractivity contribution < 1.29 is 14.3 Å². The number of carbonyl (C=O) groups excluding carboxylic acids is 2. The van der Waals surface area contributed by atoms with E-state index in [2.05, 4.69) is 10.6 Å². The maximum Gasteiger partial charge on any atom is 0.255 e. The topological polar surface area (TPSA) is 67.4 Å². The Kier molecular flexibility index (Phi) is 7.60. The van der Waals surface area contributed by atoms with Crippen LogP contribution in [0.15, 0.2) is 71.6 Å². The van der Waals surface area contributed by atoms with Crippen molar-refractivity contribution in [2.24, 2.45) is 0 Å². The molecule has 3 rings (SSSR count). The highest BCUT2D eigenvalue weighted by Crippen LogP contribution is 2.28. The number of anilines is 2. The molecule has 1 atom stereocenters. The van der Waals surface area contributed by atoms with E-state index in [0.29, 0.717) is 27.7 Å². The van der Waals surface area contributed by atoms with Crippen LogP contribution < -0.4 is 15.4 Å². The zero-order valence-corrected chi connectivity index (χ0v) is 19.0. The zero-order valence-electron chi connectivity index (χ0n) is 17.4. The number of methoxy groups -OCH3 is 1. The molecule has 5 nitrogen and oxygen atoms in total. The number of thioether (sulfide) groups is 1. The average Bonchev–Trinajstić information content (AvgIpc) is 2.78. The highest BCUT2D eigenvalue weighted by atomic mass is 35.5. The number of carbonyl (C=O) groups is 2. The summed E-state index contributed by atoms with van der Waals surface area (Å²) in [6, 6.07) is 19.7. The van der Waals surface area contributed by atoms with Crippen LogP contribution in [0, 0.1) is 6.92 Å². The highest BCUT2D eigenvalue weighted by Gasteiger charge is 2.16. The Morgan fingerprint density at radius 3 is 2.29 bits per heavy atom. The van der Waals surface area contributed by atoms with Gasteiger partial charge in [-0.3, -0.25) is 9.59 Å². The van der Waals surface area contributed by atoms with E-state index in [4.69, 9.17) is 16.3 Å². The Balaban J connectivity index is 1.57. The van der Waals surface area contributed by atoms with E-state index < -0.39 is 0 Å². The first-order valence-electron chi connectivity index (χ1n) is 9.65. The van der Waals surface area contributed by atoms with Gasteiger partial charge in [-0.15, -0.1) is 11.8 Å². The van der Waals surface area contributed by atoms with Gasteiger partial charge in [0, 0.05) is 26.9 Å². The maximum absolute atomic E-state index is 12.6. The van der Waals surface area contributed by atoms with Crippen molar-refractivity contribution in [1.82, 2.24) is 0 Å². The van der Waals surface area contributed by atoms with Gasteiger partial charge in [-0.2, -0.15) is 0 Å². The molecule has 2 N–H and O–H groups in total. The summed E-state index contributed by atoms with van der Waals surface area (Å²) in [4.78, 5) is 25.8. The standard InChI is InChI=1S/C24H23ClN2O3S/c1-15-21(25)5-4-6-22(15)27-23(28)16(2)31-20-13-9-18(10-14-20)26-24(29)17-7-11-19(30-3)12-8-17/h4-14,16H,1-3H3,(H,26,29)(H,27,28). The third-order valence-corrected chi connectivity index (χ3v) is 6.19. The van der Waals surface area contributed by atoms with Crippen molar-refractivity contribution >= 4 is 46.6 Å². The van der Waals surface area contributed by atoms with E-state index in [9.17, 15) is 9.59 Å². The smallest absolute Gasteiger partial charge is 0.255 e. The second kappa shape index (κ2) is 10.4. The second-order valence-corrected chi connectivity index (χ2v) is 8.69. The Hall–Kier alpha value is -2.96. The first-order chi connectivity index (χ1) is 14.9. The van der Waals surface area contributed by atoms with Crippen LogP contribution >= 0.6 is 23.4 Å². The Labute approximate surface area is 191 Å². The van der Waals surface area contributed by atoms with Crippen LogP contribution in [0.25, 0.3) is 0 Å². The van der Waals surface area contributed by atoms with Crippen molar-refractivity contribution in [3.63, 3.8) is 0 Å². The third-order valence-electron chi connectivity index (χ3n) is 4.67. The Morgan fingerprint density at radius 2 is 1.65 bits per heavy atom. The van der Waals surface area contributed by atoms with Crippen LogP contribution in [-0.2, 0) is 4.79 Å². The lowest BCUT2D eigenvalue weighted by Gasteiger charge is -2.14. The molecule has 3 aromatic carbocycles. The molecule has 0 bridgehead atoms. The van der Waals surface area contributed by atoms with Crippen LogP contribution in [0.4, 0.5) is 11.4 Å². The minimum Gasteiger partial charge on any atom is -0.497 e. The summed E-state index contributed by atoms with van der Waals surface area (Å²) < 4.78 is 5.10. The van der Waals surface area contributed by atoms with Gasteiger partial charge in [-0.05, 0) is 80.1 Å². The molecule has 0 aliphatic carbocycles. The molecule has 0 spiro atoms. The van der Waals surface area contributed by atoms with Crippen LogP contribution in [0.1, 0.15) is 22.8 Å². The average molecular weight is 455 g/mol. The van der Waals surface area contributed by atoms with Gasteiger partial charge in [-0.25, -0.2) is 0 Å². The molecule has 31 heavy (non-hydrogen) atoms. The van der Waals surface area contributed by atoms with E-state index in [1.54, 1.807) is 37.4 Å². The van der Waals surface area contributed by atoms with Crippen LogP contribution in [0.2, 0.25) is 5.02 Å². The maximum atomic E-state index is 12.6. The van der Waals surface area contributed by atoms with Crippen LogP contribution in [0.5, 0.6) is 5.75 Å². The molecule has 0 heterocycles. The predicted molar refractivity (Wildman–Crippen MR) is 128 cm³/mol. The van der Waals surface area contributed by atoms with Crippen molar-refractivity contribution in [1.29, 1.82) is 0 Å². The highest BCUT2D eigenvalue weighted by molar-refractivity contribution is 8.00. The van der Waals surface area contributed by atoms with Crippen LogP contribution in [-0.4, -0.2) is 24.2 Å². The molecule has 0 saturated carbocycles. The lowest BCUT2D eigenvalue weighted by Crippen LogP contribution is -2.22. The molecular weight excluding hydrogens is 432 g/mol. The molecule has 0 saturated heterocycles. The van der Waals surface area contributed by atoms with Gasteiger partial charge in [0.05, 0.1) is 12.4 Å². The summed E-state index contributed by atoms with van der Waals surface area (Å²) in [7, 11) is 1.58. The SMILES string of the molecule is COc1ccc(C(=O)Nc2ccc(SC(C)C(=O)Nc3cccc(Cl)c3C)cc2)cc1. The lowest BCUT2D eigenvalue weighted by atomic mass is 10.2. The van der Waals surface area contributed by atoms with Crippen LogP contribution in [0.3, 0.4) is 0 Å². The molecule has 7 heteroatoms. The minimum absolute atomic E-state index is 0.104. The largest absolute Gasteiger partial charge is 0.497 e. The molecule has 0 fully saturated rings. The number of rotatable bonds is 7. The van der Waals surface area contributed by atoms with Gasteiger partial charge in [0.1, 0.15) is 5.75 Å². The number of hydrogen-bond acceptors (Lipinski definition) is 4. The Morgan fingerprint density at radius 1 is 0.968 bits per heavy atom. The number of amides is 2. The summed E-state index contributed by atoms with van der Waals surface area (Å²) in [5.74, 6) is 0.390. The quantitative estimate of drug-likeness (QED) is 0.428. The second-order valence-electron chi connectivity index (χ2n) is 6.87. The van der Waals surface area contributed by atoms with Gasteiger partial charge in [-0.1, -0.05) is 17.7 Å². The summed E-state index contributed by atoms with van der Waals surface area (Å²) >= 11 is 7.56. The summed E-state index contributed by atoms with van der Waals surface area (Å²) in [5.41, 5.74) is 2.77. The number of ether oxygens (including phenoxy) is 1. The fraction of sp³-hybridized carbons (Fsp3) is 0.167. The zero-order chi connectivity index (χ0) is 22.4. The van der Waals surface area contributed by atoms with E-state index >= 15 is 0 Å². The predicted octanol–water partition coefficient (Wildman–Crippen LogP) is 6.03. The van der Waals surface area contributed by atoms with Crippen molar-refractivity contribution in [3.05, 3.63) is 82.9 Å². The fourth-order valence-corrected chi connectivity index (χ4v) is 3.84. The summed E-state index contributed by atoms with van der Waals surface area (Å²) in [6.07, 6.45) is 0. The number of nitrogens with one attached hydrogen (secondary N) is 2. The molecule has 2 amide bonds. The third kappa shape index (κ3) is 6.03. The minimum atomic E-state index is -0.307. The molecule has 160 valence electrons. The van der Waals surface area contributed by atoms with Crippen molar-refractivity contribution in [3.8, 4) is 5.75 Å². The van der Waals surface area contributed by atoms with E-state index in [0.717, 1.165) is 10.5 Å². The number of benzene rings is 3. The first kappa shape index (κ1) is 22.7. The monoisotopic (exact) mass is 454 g/mol. The van der Waals surface area contributed by atoms with E-state index in [1.165, 1.54) is 11.8 Å². The van der Waals surface area contributed by atoms with Gasteiger partial charge >= 0.3 is 0 Å². The first-order valence-corrected chi connectivity index (χ1v) is 10.9. The number of hydrogen-bond donors (Lipinski definition) is 2. The lowest BCUT2D eigenvalue weighted by molar-refractivity contribution is -0.115. The van der Waals surface area contributed by atoms with Crippen molar-refractivity contribution in [2.75, 3.05) is 17.7 Å². The van der Waals surface area contributed by atoms with Crippen molar-refractivity contribution in [2.45, 2.75) is 24.0 Å². The van der Waals surface area contributed by atoms with E-state index in [1.807, 2.05) is 50.2 Å². The molecule has 3 aromatic rings. The van der Waals surface area contributed by atoms with E-state index in [-0.39, 0.29) is 17.1 Å². The normalized spacial score (nSPS) is 11.5.